The number of rotatable bonds is 5. The third kappa shape index (κ3) is 6.19. The summed E-state index contributed by atoms with van der Waals surface area (Å²) in [7, 11) is 0. The molecule has 2 heterocycles. The third-order valence-corrected chi connectivity index (χ3v) is 5.78. The Hall–Kier alpha value is -1.63. The predicted molar refractivity (Wildman–Crippen MR) is 105 cm³/mol. The Labute approximate surface area is 163 Å². The molecule has 2 saturated heterocycles. The average molecular weight is 381 g/mol. The second-order valence-electron chi connectivity index (χ2n) is 8.28. The number of carbonyl (C=O) groups is 3. The minimum atomic E-state index is -0.486. The van der Waals surface area contributed by atoms with Crippen LogP contribution in [0, 0.1) is 5.92 Å². The summed E-state index contributed by atoms with van der Waals surface area (Å²) < 4.78 is 0. The molecule has 0 spiro atoms. The van der Waals surface area contributed by atoms with Gasteiger partial charge in [-0.05, 0) is 66.0 Å². The van der Waals surface area contributed by atoms with E-state index >= 15 is 0 Å². The first-order chi connectivity index (χ1) is 12.8. The quantitative estimate of drug-likeness (QED) is 0.701. The van der Waals surface area contributed by atoms with Crippen LogP contribution >= 0.6 is 0 Å². The van der Waals surface area contributed by atoms with Crippen LogP contribution < -0.4 is 10.6 Å². The Morgan fingerprint density at radius 3 is 2.04 bits per heavy atom. The maximum Gasteiger partial charge on any atom is 0.311 e. The highest BCUT2D eigenvalue weighted by Crippen LogP contribution is 2.24. The van der Waals surface area contributed by atoms with E-state index in [0.717, 1.165) is 45.2 Å². The maximum absolute atomic E-state index is 12.3. The predicted octanol–water partition coefficient (Wildman–Crippen LogP) is 1.13. The first kappa shape index (κ1) is 21.7. The summed E-state index contributed by atoms with van der Waals surface area (Å²) in [6.45, 7) is 11.0. The van der Waals surface area contributed by atoms with Crippen molar-refractivity contribution < 1.29 is 14.4 Å². The molecule has 2 aliphatic rings. The van der Waals surface area contributed by atoms with Crippen LogP contribution in [0.3, 0.4) is 0 Å². The summed E-state index contributed by atoms with van der Waals surface area (Å²) in [4.78, 5) is 40.6. The molecule has 27 heavy (non-hydrogen) atoms. The van der Waals surface area contributed by atoms with Crippen LogP contribution in [0.1, 0.15) is 59.8 Å². The van der Waals surface area contributed by atoms with Crippen molar-refractivity contribution in [2.24, 2.45) is 5.92 Å². The van der Waals surface area contributed by atoms with Crippen molar-refractivity contribution in [2.75, 3.05) is 26.2 Å². The van der Waals surface area contributed by atoms with E-state index in [2.05, 4.69) is 15.5 Å². The molecule has 2 rings (SSSR count). The SMILES string of the molecule is CC[C@@H](C)NC(=O)C(=O)N1CCC(N2CCC(C(=O)NC(C)C)CC2)CC1. The van der Waals surface area contributed by atoms with Crippen molar-refractivity contribution in [2.45, 2.75) is 77.9 Å². The van der Waals surface area contributed by atoms with Crippen molar-refractivity contribution in [3.05, 3.63) is 0 Å². The lowest BCUT2D eigenvalue weighted by molar-refractivity contribution is -0.147. The van der Waals surface area contributed by atoms with Crippen molar-refractivity contribution in [1.29, 1.82) is 0 Å². The fourth-order valence-electron chi connectivity index (χ4n) is 3.89. The molecular weight excluding hydrogens is 344 g/mol. The molecule has 1 atom stereocenters. The van der Waals surface area contributed by atoms with Gasteiger partial charge < -0.3 is 20.4 Å². The lowest BCUT2D eigenvalue weighted by Crippen LogP contribution is -2.53. The Kier molecular flexibility index (Phi) is 8.07. The van der Waals surface area contributed by atoms with Crippen LogP contribution in [0.5, 0.6) is 0 Å². The van der Waals surface area contributed by atoms with Gasteiger partial charge in [-0.3, -0.25) is 14.4 Å². The Bertz CT molecular complexity index is 521. The minimum Gasteiger partial charge on any atom is -0.354 e. The van der Waals surface area contributed by atoms with Gasteiger partial charge in [0, 0.05) is 37.1 Å². The molecule has 0 aliphatic carbocycles. The Balaban J connectivity index is 1.74. The molecule has 2 N–H and O–H groups in total. The normalized spacial score (nSPS) is 21.1. The molecule has 0 saturated carbocycles. The van der Waals surface area contributed by atoms with E-state index in [1.807, 2.05) is 27.7 Å². The van der Waals surface area contributed by atoms with Crippen LogP contribution in [-0.2, 0) is 14.4 Å². The number of amides is 3. The van der Waals surface area contributed by atoms with Gasteiger partial charge in [-0.2, -0.15) is 0 Å². The van der Waals surface area contributed by atoms with Gasteiger partial charge in [0.25, 0.3) is 0 Å². The average Bonchev–Trinajstić information content (AvgIpc) is 2.67. The van der Waals surface area contributed by atoms with Crippen LogP contribution in [0.15, 0.2) is 0 Å². The minimum absolute atomic E-state index is 0.0215. The molecule has 154 valence electrons. The van der Waals surface area contributed by atoms with Crippen molar-refractivity contribution in [3.63, 3.8) is 0 Å². The molecule has 0 aromatic heterocycles. The van der Waals surface area contributed by atoms with Gasteiger partial charge >= 0.3 is 11.8 Å². The van der Waals surface area contributed by atoms with Crippen LogP contribution in [-0.4, -0.2) is 71.8 Å². The van der Waals surface area contributed by atoms with Crippen molar-refractivity contribution in [3.8, 4) is 0 Å². The second kappa shape index (κ2) is 10.1. The van der Waals surface area contributed by atoms with E-state index in [-0.39, 0.29) is 23.9 Å². The van der Waals surface area contributed by atoms with Gasteiger partial charge in [0.15, 0.2) is 0 Å². The number of nitrogens with one attached hydrogen (secondary N) is 2. The zero-order valence-electron chi connectivity index (χ0n) is 17.3. The van der Waals surface area contributed by atoms with E-state index in [1.165, 1.54) is 0 Å². The fraction of sp³-hybridized carbons (Fsp3) is 0.850. The van der Waals surface area contributed by atoms with Gasteiger partial charge in [0.1, 0.15) is 0 Å². The molecule has 7 heteroatoms. The lowest BCUT2D eigenvalue weighted by Gasteiger charge is -2.41. The molecule has 0 aromatic rings. The highest BCUT2D eigenvalue weighted by Gasteiger charge is 2.33. The summed E-state index contributed by atoms with van der Waals surface area (Å²) in [6, 6.07) is 0.656. The molecule has 0 aromatic carbocycles. The first-order valence-electron chi connectivity index (χ1n) is 10.5. The summed E-state index contributed by atoms with van der Waals surface area (Å²) in [5, 5.41) is 5.77. The molecule has 0 bridgehead atoms. The Morgan fingerprint density at radius 2 is 1.52 bits per heavy atom. The van der Waals surface area contributed by atoms with E-state index < -0.39 is 11.8 Å². The maximum atomic E-state index is 12.3. The van der Waals surface area contributed by atoms with Gasteiger partial charge in [0.2, 0.25) is 5.91 Å². The van der Waals surface area contributed by atoms with E-state index in [9.17, 15) is 14.4 Å². The summed E-state index contributed by atoms with van der Waals surface area (Å²) >= 11 is 0. The molecule has 3 amide bonds. The zero-order valence-corrected chi connectivity index (χ0v) is 17.3. The van der Waals surface area contributed by atoms with Crippen LogP contribution in [0.4, 0.5) is 0 Å². The summed E-state index contributed by atoms with van der Waals surface area (Å²) in [5.41, 5.74) is 0. The third-order valence-electron chi connectivity index (χ3n) is 5.78. The first-order valence-corrected chi connectivity index (χ1v) is 10.5. The largest absolute Gasteiger partial charge is 0.354 e. The van der Waals surface area contributed by atoms with E-state index in [0.29, 0.717) is 19.1 Å². The summed E-state index contributed by atoms with van der Waals surface area (Å²) in [6.07, 6.45) is 4.40. The number of carbonyl (C=O) groups excluding carboxylic acids is 3. The second-order valence-corrected chi connectivity index (χ2v) is 8.28. The molecule has 2 aliphatic heterocycles. The highest BCUT2D eigenvalue weighted by atomic mass is 16.2. The molecule has 7 nitrogen and oxygen atoms in total. The summed E-state index contributed by atoms with van der Waals surface area (Å²) in [5.74, 6) is -0.593. The van der Waals surface area contributed by atoms with Crippen molar-refractivity contribution in [1.82, 2.24) is 20.4 Å². The van der Waals surface area contributed by atoms with Crippen LogP contribution in [0.25, 0.3) is 0 Å². The number of piperidine rings is 2. The lowest BCUT2D eigenvalue weighted by atomic mass is 9.92. The molecule has 2 fully saturated rings. The standard InChI is InChI=1S/C20H36N4O3/c1-5-15(4)22-19(26)20(27)24-12-8-17(9-13-24)23-10-6-16(7-11-23)18(25)21-14(2)3/h14-17H,5-13H2,1-4H3,(H,21,25)(H,22,26)/t15-/m1/s1. The zero-order chi connectivity index (χ0) is 20.0. The monoisotopic (exact) mass is 380 g/mol. The Morgan fingerprint density at radius 1 is 0.926 bits per heavy atom. The van der Waals surface area contributed by atoms with E-state index in [4.69, 9.17) is 0 Å². The van der Waals surface area contributed by atoms with Gasteiger partial charge in [-0.1, -0.05) is 6.92 Å². The van der Waals surface area contributed by atoms with Crippen LogP contribution in [0.2, 0.25) is 0 Å². The molecule has 0 unspecified atom stereocenters. The molecule has 0 radical (unpaired) electrons. The highest BCUT2D eigenvalue weighted by molar-refractivity contribution is 6.35. The molecular formula is C20H36N4O3. The number of hydrogen-bond donors (Lipinski definition) is 2. The number of hydrogen-bond acceptors (Lipinski definition) is 4. The topological polar surface area (TPSA) is 81.8 Å². The van der Waals surface area contributed by atoms with Crippen molar-refractivity contribution >= 4 is 17.7 Å². The van der Waals surface area contributed by atoms with Gasteiger partial charge in [-0.15, -0.1) is 0 Å². The van der Waals surface area contributed by atoms with Gasteiger partial charge in [0.05, 0.1) is 0 Å². The smallest absolute Gasteiger partial charge is 0.311 e. The number of likely N-dealkylation sites (tertiary alicyclic amines) is 2. The van der Waals surface area contributed by atoms with E-state index in [1.54, 1.807) is 4.90 Å². The van der Waals surface area contributed by atoms with Gasteiger partial charge in [-0.25, -0.2) is 0 Å². The fourth-order valence-corrected chi connectivity index (χ4v) is 3.89. The number of nitrogens with zero attached hydrogens (tertiary/aromatic N) is 2.